The Hall–Kier alpha value is -1.65. The normalized spacial score (nSPS) is 12.3. The number of aryl methyl sites for hydroxylation is 1. The Bertz CT molecular complexity index is 570. The molecule has 3 nitrogen and oxygen atoms in total. The summed E-state index contributed by atoms with van der Waals surface area (Å²) >= 11 is 0. The number of ether oxygens (including phenoxy) is 1. The fraction of sp³-hybridized carbons (Fsp3) is 0.200. The summed E-state index contributed by atoms with van der Waals surface area (Å²) in [5.41, 5.74) is 8.54. The van der Waals surface area contributed by atoms with Gasteiger partial charge < -0.3 is 10.5 Å². The second kappa shape index (κ2) is 6.50. The van der Waals surface area contributed by atoms with E-state index >= 15 is 0 Å². The Morgan fingerprint density at radius 1 is 1.16 bits per heavy atom. The van der Waals surface area contributed by atoms with Crippen LogP contribution in [0.3, 0.4) is 0 Å². The number of nitrogens with two attached hydrogens (primary N) is 1. The van der Waals surface area contributed by atoms with Gasteiger partial charge in [0.15, 0.2) is 0 Å². The molecule has 2 N–H and O–H groups in total. The zero-order valence-electron chi connectivity index (χ0n) is 10.8. The molecule has 0 aromatic heterocycles. The van der Waals surface area contributed by atoms with E-state index in [4.69, 9.17) is 10.5 Å². The molecule has 0 aliphatic rings. The Kier molecular flexibility index (Phi) is 4.71. The Labute approximate surface area is 115 Å². The number of nitrogen functional groups attached to an aromatic ring is 1. The molecule has 1 unspecified atom stereocenters. The third kappa shape index (κ3) is 3.91. The van der Waals surface area contributed by atoms with E-state index in [1.54, 1.807) is 6.07 Å². The number of hydrogen-bond donors (Lipinski definition) is 1. The van der Waals surface area contributed by atoms with E-state index in [0.29, 0.717) is 17.2 Å². The summed E-state index contributed by atoms with van der Waals surface area (Å²) in [4.78, 5) is 0.638. The molecule has 1 atom stereocenters. The maximum atomic E-state index is 12.1. The second-order valence-corrected chi connectivity index (χ2v) is 5.71. The van der Waals surface area contributed by atoms with Crippen LogP contribution in [0.15, 0.2) is 53.4 Å². The van der Waals surface area contributed by atoms with Gasteiger partial charge in [0.1, 0.15) is 5.94 Å². The molecule has 2 rings (SSSR count). The first-order valence-electron chi connectivity index (χ1n) is 6.03. The highest BCUT2D eigenvalue weighted by molar-refractivity contribution is 7.85. The molecule has 0 saturated carbocycles. The summed E-state index contributed by atoms with van der Waals surface area (Å²) in [5.74, 6) is 0.155. The van der Waals surface area contributed by atoms with Gasteiger partial charge in [0.2, 0.25) is 0 Å². The minimum atomic E-state index is -1.22. The lowest BCUT2D eigenvalue weighted by molar-refractivity contribution is 0.166. The summed E-state index contributed by atoms with van der Waals surface area (Å²) < 4.78 is 17.5. The van der Waals surface area contributed by atoms with Crippen molar-refractivity contribution in [1.82, 2.24) is 0 Å². The molecule has 4 heteroatoms. The fourth-order valence-corrected chi connectivity index (χ4v) is 2.65. The van der Waals surface area contributed by atoms with Crippen molar-refractivity contribution in [3.63, 3.8) is 0 Å². The predicted molar refractivity (Wildman–Crippen MR) is 78.1 cm³/mol. The van der Waals surface area contributed by atoms with Gasteiger partial charge in [0, 0.05) is 5.69 Å². The monoisotopic (exact) mass is 275 g/mol. The highest BCUT2D eigenvalue weighted by atomic mass is 32.2. The summed E-state index contributed by atoms with van der Waals surface area (Å²) in [7, 11) is -1.22. The molecular formula is C15H17NO2S. The third-order valence-corrected chi connectivity index (χ3v) is 3.96. The van der Waals surface area contributed by atoms with Crippen molar-refractivity contribution in [1.29, 1.82) is 0 Å². The van der Waals surface area contributed by atoms with E-state index in [-0.39, 0.29) is 5.94 Å². The minimum Gasteiger partial charge on any atom is -0.398 e. The molecule has 0 radical (unpaired) electrons. The number of hydrogen-bond acceptors (Lipinski definition) is 3. The zero-order chi connectivity index (χ0) is 13.7. The molecule has 100 valence electrons. The lowest BCUT2D eigenvalue weighted by atomic mass is 10.2. The van der Waals surface area contributed by atoms with Crippen LogP contribution in [0.2, 0.25) is 0 Å². The van der Waals surface area contributed by atoms with Crippen LogP contribution in [0, 0.1) is 6.92 Å². The van der Waals surface area contributed by atoms with E-state index in [1.165, 1.54) is 0 Å². The van der Waals surface area contributed by atoms with Crippen molar-refractivity contribution in [2.75, 3.05) is 11.7 Å². The summed E-state index contributed by atoms with van der Waals surface area (Å²) in [6.07, 6.45) is 0. The maximum Gasteiger partial charge on any atom is 0.127 e. The SMILES string of the molecule is Cc1ccc(S(=O)COCc2ccccc2)c(N)c1. The second-order valence-electron chi connectivity index (χ2n) is 4.34. The number of anilines is 1. The van der Waals surface area contributed by atoms with Crippen molar-refractivity contribution in [3.05, 3.63) is 59.7 Å². The van der Waals surface area contributed by atoms with Gasteiger partial charge in [-0.1, -0.05) is 36.4 Å². The Balaban J connectivity index is 1.91. The van der Waals surface area contributed by atoms with E-state index in [9.17, 15) is 4.21 Å². The topological polar surface area (TPSA) is 52.3 Å². The molecule has 2 aromatic carbocycles. The van der Waals surface area contributed by atoms with Crippen LogP contribution >= 0.6 is 0 Å². The Morgan fingerprint density at radius 2 is 1.89 bits per heavy atom. The van der Waals surface area contributed by atoms with Gasteiger partial charge in [-0.05, 0) is 30.2 Å². The predicted octanol–water partition coefficient (Wildman–Crippen LogP) is 2.86. The van der Waals surface area contributed by atoms with Gasteiger partial charge >= 0.3 is 0 Å². The van der Waals surface area contributed by atoms with Crippen molar-refractivity contribution in [2.24, 2.45) is 0 Å². The molecule has 19 heavy (non-hydrogen) atoms. The molecule has 0 spiro atoms. The minimum absolute atomic E-state index is 0.155. The lowest BCUT2D eigenvalue weighted by Crippen LogP contribution is -2.05. The molecule has 0 aliphatic heterocycles. The van der Waals surface area contributed by atoms with Gasteiger partial charge in [0.25, 0.3) is 0 Å². The molecule has 0 saturated heterocycles. The van der Waals surface area contributed by atoms with Crippen molar-refractivity contribution in [2.45, 2.75) is 18.4 Å². The average Bonchev–Trinajstić information content (AvgIpc) is 2.39. The first-order valence-corrected chi connectivity index (χ1v) is 7.35. The van der Waals surface area contributed by atoms with E-state index in [0.717, 1.165) is 11.1 Å². The van der Waals surface area contributed by atoms with Crippen molar-refractivity contribution >= 4 is 16.5 Å². The van der Waals surface area contributed by atoms with Crippen LogP contribution in [-0.2, 0) is 22.1 Å². The molecule has 0 aliphatic carbocycles. The van der Waals surface area contributed by atoms with Crippen LogP contribution in [0.1, 0.15) is 11.1 Å². The highest BCUT2D eigenvalue weighted by Gasteiger charge is 2.08. The summed E-state index contributed by atoms with van der Waals surface area (Å²) in [5, 5.41) is 0. The van der Waals surface area contributed by atoms with Crippen LogP contribution in [0.5, 0.6) is 0 Å². The molecular weight excluding hydrogens is 258 g/mol. The highest BCUT2D eigenvalue weighted by Crippen LogP contribution is 2.18. The van der Waals surface area contributed by atoms with Gasteiger partial charge in [-0.15, -0.1) is 0 Å². The standard InChI is InChI=1S/C15H17NO2S/c1-12-7-8-15(14(16)9-12)19(17)11-18-10-13-5-3-2-4-6-13/h2-9H,10-11,16H2,1H3. The van der Waals surface area contributed by atoms with E-state index < -0.39 is 10.8 Å². The lowest BCUT2D eigenvalue weighted by Gasteiger charge is -2.07. The quantitative estimate of drug-likeness (QED) is 0.854. The number of rotatable bonds is 5. The zero-order valence-corrected chi connectivity index (χ0v) is 11.7. The van der Waals surface area contributed by atoms with E-state index in [2.05, 4.69) is 0 Å². The van der Waals surface area contributed by atoms with Crippen LogP contribution in [-0.4, -0.2) is 10.1 Å². The van der Waals surface area contributed by atoms with Gasteiger partial charge in [-0.2, -0.15) is 0 Å². The van der Waals surface area contributed by atoms with Crippen LogP contribution < -0.4 is 5.73 Å². The smallest absolute Gasteiger partial charge is 0.127 e. The van der Waals surface area contributed by atoms with Crippen molar-refractivity contribution < 1.29 is 8.95 Å². The van der Waals surface area contributed by atoms with Crippen molar-refractivity contribution in [3.8, 4) is 0 Å². The first kappa shape index (κ1) is 13.8. The molecule has 0 fully saturated rings. The van der Waals surface area contributed by atoms with Gasteiger partial charge in [0.05, 0.1) is 22.3 Å². The van der Waals surface area contributed by atoms with Crippen LogP contribution in [0.4, 0.5) is 5.69 Å². The maximum absolute atomic E-state index is 12.1. The Morgan fingerprint density at radius 3 is 2.58 bits per heavy atom. The summed E-state index contributed by atoms with van der Waals surface area (Å²) in [6.45, 7) is 2.41. The molecule has 0 heterocycles. The molecule has 2 aromatic rings. The third-order valence-electron chi connectivity index (χ3n) is 2.71. The van der Waals surface area contributed by atoms with Gasteiger partial charge in [-0.3, -0.25) is 4.21 Å². The van der Waals surface area contributed by atoms with Gasteiger partial charge in [-0.25, -0.2) is 0 Å². The summed E-state index contributed by atoms with van der Waals surface area (Å²) in [6, 6.07) is 15.3. The average molecular weight is 275 g/mol. The fourth-order valence-electron chi connectivity index (χ4n) is 1.75. The van der Waals surface area contributed by atoms with E-state index in [1.807, 2.05) is 49.4 Å². The molecule has 0 bridgehead atoms. The molecule has 0 amide bonds. The first-order chi connectivity index (χ1) is 9.16. The number of benzene rings is 2. The largest absolute Gasteiger partial charge is 0.398 e. The van der Waals surface area contributed by atoms with Crippen LogP contribution in [0.25, 0.3) is 0 Å².